The molecule has 0 saturated carbocycles. The molecule has 0 heterocycles. The molecule has 94 valence electrons. The Kier molecular flexibility index (Phi) is 24.5. The van der Waals surface area contributed by atoms with Gasteiger partial charge in [-0.2, -0.15) is 0 Å². The second-order valence-electron chi connectivity index (χ2n) is 2.95. The van der Waals surface area contributed by atoms with E-state index in [2.05, 4.69) is 0 Å². The van der Waals surface area contributed by atoms with Crippen LogP contribution in [0.25, 0.3) is 0 Å². The normalized spacial score (nSPS) is 13.1. The summed E-state index contributed by atoms with van der Waals surface area (Å²) in [6, 6.07) is 0. The number of unbranched alkanes of at least 4 members (excludes halogenated alkanes) is 2. The SMILES string of the molecule is CCCC[PH](=O)[O-].CCCC[PH](=O)[O-].[Fe+2]. The number of hydrogen-bond acceptors (Lipinski definition) is 4. The minimum Gasteiger partial charge on any atom is -0.802 e. The monoisotopic (exact) mass is 298 g/mol. The van der Waals surface area contributed by atoms with Crippen LogP contribution in [0.3, 0.4) is 0 Å². The van der Waals surface area contributed by atoms with Crippen LogP contribution in [-0.4, -0.2) is 12.3 Å². The van der Waals surface area contributed by atoms with Crippen LogP contribution in [0, 0.1) is 0 Å². The van der Waals surface area contributed by atoms with Gasteiger partial charge in [0.1, 0.15) is 0 Å². The van der Waals surface area contributed by atoms with Crippen molar-refractivity contribution in [2.75, 3.05) is 12.3 Å². The van der Waals surface area contributed by atoms with Gasteiger partial charge in [0.05, 0.1) is 0 Å². The third kappa shape index (κ3) is 31.3. The minimum atomic E-state index is -2.40. The average molecular weight is 298 g/mol. The summed E-state index contributed by atoms with van der Waals surface area (Å²) in [5.74, 6) is 0. The third-order valence-electron chi connectivity index (χ3n) is 1.47. The topological polar surface area (TPSA) is 80.3 Å². The van der Waals surface area contributed by atoms with Crippen LogP contribution in [-0.2, 0) is 26.2 Å². The molecule has 15 heavy (non-hydrogen) atoms. The average Bonchev–Trinajstić information content (AvgIpc) is 2.12. The van der Waals surface area contributed by atoms with Crippen molar-refractivity contribution in [2.24, 2.45) is 0 Å². The molecule has 0 amide bonds. The predicted molar refractivity (Wildman–Crippen MR) is 57.6 cm³/mol. The van der Waals surface area contributed by atoms with Crippen LogP contribution in [0.2, 0.25) is 0 Å². The van der Waals surface area contributed by atoms with Crippen LogP contribution in [0.4, 0.5) is 0 Å². The van der Waals surface area contributed by atoms with Crippen LogP contribution < -0.4 is 9.79 Å². The van der Waals surface area contributed by atoms with E-state index in [-0.39, 0.29) is 17.1 Å². The summed E-state index contributed by atoms with van der Waals surface area (Å²) in [4.78, 5) is 19.7. The zero-order chi connectivity index (χ0) is 11.4. The molecule has 0 radical (unpaired) electrons. The fourth-order valence-electron chi connectivity index (χ4n) is 0.642. The predicted octanol–water partition coefficient (Wildman–Crippen LogP) is 1.24. The van der Waals surface area contributed by atoms with Gasteiger partial charge in [-0.1, -0.05) is 26.7 Å². The van der Waals surface area contributed by atoms with Gasteiger partial charge in [-0.25, -0.2) is 0 Å². The molecule has 0 aromatic carbocycles. The first-order valence-corrected chi connectivity index (χ1v) is 7.99. The van der Waals surface area contributed by atoms with E-state index in [0.717, 1.165) is 25.7 Å². The fraction of sp³-hybridized carbons (Fsp3) is 1.00. The Morgan fingerprint density at radius 2 is 1.13 bits per heavy atom. The van der Waals surface area contributed by atoms with E-state index in [4.69, 9.17) is 0 Å². The van der Waals surface area contributed by atoms with Crippen molar-refractivity contribution < 1.29 is 36.0 Å². The molecule has 4 nitrogen and oxygen atoms in total. The van der Waals surface area contributed by atoms with E-state index in [9.17, 15) is 18.9 Å². The quantitative estimate of drug-likeness (QED) is 0.546. The van der Waals surface area contributed by atoms with Crippen molar-refractivity contribution in [2.45, 2.75) is 39.5 Å². The van der Waals surface area contributed by atoms with Crippen LogP contribution in [0.5, 0.6) is 0 Å². The molecule has 0 spiro atoms. The van der Waals surface area contributed by atoms with E-state index < -0.39 is 16.1 Å². The molecule has 0 rings (SSSR count). The molecule has 0 aliphatic heterocycles. The zero-order valence-corrected chi connectivity index (χ0v) is 12.3. The van der Waals surface area contributed by atoms with Gasteiger partial charge in [0, 0.05) is 16.1 Å². The Hall–Kier alpha value is 0.899. The summed E-state index contributed by atoms with van der Waals surface area (Å²) in [6.45, 7) is 3.95. The minimum absolute atomic E-state index is 0. The maximum Gasteiger partial charge on any atom is 2.00 e. The second kappa shape index (κ2) is 17.3. The molecule has 0 aromatic heterocycles. The number of hydrogen-bond donors (Lipinski definition) is 0. The van der Waals surface area contributed by atoms with E-state index in [0.29, 0.717) is 12.3 Å². The molecule has 0 aliphatic rings. The largest absolute Gasteiger partial charge is 2.00 e. The fourth-order valence-corrected chi connectivity index (χ4v) is 1.93. The van der Waals surface area contributed by atoms with E-state index in [1.807, 2.05) is 13.8 Å². The Morgan fingerprint density at radius 3 is 1.20 bits per heavy atom. The summed E-state index contributed by atoms with van der Waals surface area (Å²) in [7, 11) is -4.79. The van der Waals surface area contributed by atoms with Gasteiger partial charge in [-0.05, 0) is 25.2 Å². The molecule has 0 fully saturated rings. The smallest absolute Gasteiger partial charge is 0.802 e. The van der Waals surface area contributed by atoms with Crippen molar-refractivity contribution >= 4 is 16.1 Å². The molecule has 7 heteroatoms. The van der Waals surface area contributed by atoms with Crippen molar-refractivity contribution in [1.29, 1.82) is 0 Å². The summed E-state index contributed by atoms with van der Waals surface area (Å²) < 4.78 is 19.7. The Labute approximate surface area is 104 Å². The molecular formula is C8H20FeO4P2. The first kappa shape index (κ1) is 21.2. The summed E-state index contributed by atoms with van der Waals surface area (Å²) in [5, 5.41) is 0. The van der Waals surface area contributed by atoms with Crippen molar-refractivity contribution in [3.63, 3.8) is 0 Å². The maximum atomic E-state index is 9.83. The zero-order valence-electron chi connectivity index (χ0n) is 9.23. The molecule has 0 aliphatic carbocycles. The van der Waals surface area contributed by atoms with Gasteiger partial charge in [0.2, 0.25) is 0 Å². The molecule has 0 aromatic rings. The number of rotatable bonds is 6. The Bertz CT molecular complexity index is 149. The van der Waals surface area contributed by atoms with Gasteiger partial charge >= 0.3 is 17.1 Å². The molecule has 0 bridgehead atoms. The first-order valence-electron chi connectivity index (χ1n) is 4.94. The molecule has 2 atom stereocenters. The molecule has 0 N–H and O–H groups in total. The molecule has 0 saturated heterocycles. The Balaban J connectivity index is -0.000000180. The standard InChI is InChI=1S/2C4H11O2P.Fe/c2*1-2-3-4-7(5)6;/h2*7H,2-4H2,1H3,(H,5,6);/q;;+2/p-2. The summed E-state index contributed by atoms with van der Waals surface area (Å²) in [6.07, 6.45) is 4.36. The van der Waals surface area contributed by atoms with E-state index >= 15 is 0 Å². The van der Waals surface area contributed by atoms with Gasteiger partial charge in [-0.15, -0.1) is 0 Å². The van der Waals surface area contributed by atoms with Crippen molar-refractivity contribution in [1.82, 2.24) is 0 Å². The molecular weight excluding hydrogens is 278 g/mol. The van der Waals surface area contributed by atoms with Gasteiger partial charge < -0.3 is 18.9 Å². The molecule has 2 unspecified atom stereocenters. The summed E-state index contributed by atoms with van der Waals surface area (Å²) in [5.41, 5.74) is 0. The second-order valence-corrected chi connectivity index (χ2v) is 5.44. The Morgan fingerprint density at radius 1 is 0.867 bits per heavy atom. The van der Waals surface area contributed by atoms with Gasteiger partial charge in [-0.3, -0.25) is 0 Å². The van der Waals surface area contributed by atoms with E-state index in [1.54, 1.807) is 0 Å². The van der Waals surface area contributed by atoms with Gasteiger partial charge in [0.25, 0.3) is 0 Å². The maximum absolute atomic E-state index is 9.83. The van der Waals surface area contributed by atoms with Gasteiger partial charge in [0.15, 0.2) is 0 Å². The van der Waals surface area contributed by atoms with Crippen molar-refractivity contribution in [3.8, 4) is 0 Å². The third-order valence-corrected chi connectivity index (χ3v) is 2.99. The van der Waals surface area contributed by atoms with Crippen LogP contribution in [0.1, 0.15) is 39.5 Å². The van der Waals surface area contributed by atoms with E-state index in [1.165, 1.54) is 0 Å². The van der Waals surface area contributed by atoms with Crippen LogP contribution >= 0.6 is 16.1 Å². The van der Waals surface area contributed by atoms with Crippen LogP contribution in [0.15, 0.2) is 0 Å². The first-order chi connectivity index (χ1) is 6.54. The summed E-state index contributed by atoms with van der Waals surface area (Å²) >= 11 is 0. The van der Waals surface area contributed by atoms with Crippen molar-refractivity contribution in [3.05, 3.63) is 0 Å².